The van der Waals surface area contributed by atoms with Gasteiger partial charge in [-0.3, -0.25) is 0 Å². The Hall–Kier alpha value is -2.93. The van der Waals surface area contributed by atoms with Crippen LogP contribution >= 0.6 is 11.6 Å². The van der Waals surface area contributed by atoms with Crippen LogP contribution in [0.5, 0.6) is 5.75 Å². The molecule has 2 aromatic carbocycles. The van der Waals surface area contributed by atoms with Crippen LogP contribution in [0.1, 0.15) is 23.6 Å². The molecular weight excluding hydrogens is 387 g/mol. The van der Waals surface area contributed by atoms with E-state index in [0.717, 1.165) is 17.2 Å². The van der Waals surface area contributed by atoms with Gasteiger partial charge in [-0.15, -0.1) is 10.2 Å². The van der Waals surface area contributed by atoms with Crippen molar-refractivity contribution in [1.29, 1.82) is 0 Å². The Kier molecular flexibility index (Phi) is 7.12. The Balaban J connectivity index is 2.60. The largest absolute Gasteiger partial charge is 0.505 e. The highest BCUT2D eigenvalue weighted by atomic mass is 35.5. The molecule has 0 aliphatic carbocycles. The van der Waals surface area contributed by atoms with Crippen molar-refractivity contribution in [3.05, 3.63) is 63.6 Å². The Morgan fingerprint density at radius 3 is 2.50 bits per heavy atom. The first-order valence-electron chi connectivity index (χ1n) is 8.41. The first-order valence-corrected chi connectivity index (χ1v) is 8.79. The van der Waals surface area contributed by atoms with Crippen LogP contribution in [0.25, 0.3) is 5.76 Å². The monoisotopic (exact) mass is 406 g/mol. The fourth-order valence-corrected chi connectivity index (χ4v) is 2.48. The number of hydrogen-bond donors (Lipinski definition) is 1. The summed E-state index contributed by atoms with van der Waals surface area (Å²) in [7, 11) is 1.44. The van der Waals surface area contributed by atoms with E-state index in [1.807, 2.05) is 13.8 Å². The van der Waals surface area contributed by atoms with Crippen molar-refractivity contribution in [2.24, 2.45) is 10.2 Å². The number of rotatable bonds is 6. The van der Waals surface area contributed by atoms with E-state index in [2.05, 4.69) is 10.2 Å². The maximum atomic E-state index is 13.9. The van der Waals surface area contributed by atoms with E-state index < -0.39 is 23.2 Å². The van der Waals surface area contributed by atoms with Crippen molar-refractivity contribution in [2.75, 3.05) is 13.7 Å². The number of carbonyl (C=O) groups is 1. The Labute approximate surface area is 167 Å². The molecule has 0 unspecified atom stereocenters. The molecule has 6 nitrogen and oxygen atoms in total. The van der Waals surface area contributed by atoms with Crippen LogP contribution in [-0.4, -0.2) is 24.8 Å². The lowest BCUT2D eigenvalue weighted by Gasteiger charge is -2.12. The summed E-state index contributed by atoms with van der Waals surface area (Å²) in [6.07, 6.45) is 0. The summed E-state index contributed by atoms with van der Waals surface area (Å²) in [5, 5.41) is 18.4. The second-order valence-corrected chi connectivity index (χ2v) is 6.29. The van der Waals surface area contributed by atoms with Crippen LogP contribution in [0.4, 0.5) is 10.1 Å². The van der Waals surface area contributed by atoms with Gasteiger partial charge in [-0.1, -0.05) is 11.6 Å². The van der Waals surface area contributed by atoms with Crippen LogP contribution in [0.2, 0.25) is 5.02 Å². The molecule has 0 radical (unpaired) electrons. The standard InChI is InChI=1S/C20H20ClFN2O4/c1-5-28-20(26)18(24-23-16-7-6-13(21)10-15(16)22)19(25)14-8-11(2)12(3)9-17(14)27-4/h6-10,25H,5H2,1-4H3/b19-18-,24-23?. The average molecular weight is 407 g/mol. The predicted molar refractivity (Wildman–Crippen MR) is 105 cm³/mol. The zero-order valence-corrected chi connectivity index (χ0v) is 16.7. The molecule has 0 amide bonds. The second-order valence-electron chi connectivity index (χ2n) is 5.85. The molecule has 0 saturated carbocycles. The quantitative estimate of drug-likeness (QED) is 0.289. The number of ether oxygens (including phenoxy) is 2. The van der Waals surface area contributed by atoms with Crippen LogP contribution in [-0.2, 0) is 9.53 Å². The second kappa shape index (κ2) is 9.32. The average Bonchev–Trinajstić information content (AvgIpc) is 2.65. The van der Waals surface area contributed by atoms with Crippen molar-refractivity contribution in [3.8, 4) is 5.75 Å². The van der Waals surface area contributed by atoms with Gasteiger partial charge in [-0.25, -0.2) is 9.18 Å². The molecule has 0 bridgehead atoms. The highest BCUT2D eigenvalue weighted by Gasteiger charge is 2.21. The predicted octanol–water partition coefficient (Wildman–Crippen LogP) is 5.68. The van der Waals surface area contributed by atoms with Crippen molar-refractivity contribution >= 4 is 29.0 Å². The number of aliphatic hydroxyl groups is 1. The Bertz CT molecular complexity index is 957. The molecule has 2 rings (SSSR count). The summed E-state index contributed by atoms with van der Waals surface area (Å²) >= 11 is 5.71. The molecule has 0 fully saturated rings. The van der Waals surface area contributed by atoms with Crippen molar-refractivity contribution in [1.82, 2.24) is 0 Å². The number of benzene rings is 2. The molecule has 0 spiro atoms. The molecule has 0 aliphatic heterocycles. The van der Waals surface area contributed by atoms with Gasteiger partial charge in [-0.05, 0) is 62.2 Å². The van der Waals surface area contributed by atoms with Gasteiger partial charge >= 0.3 is 5.97 Å². The zero-order chi connectivity index (χ0) is 20.8. The molecule has 0 saturated heterocycles. The third-order valence-corrected chi connectivity index (χ3v) is 4.17. The smallest absolute Gasteiger partial charge is 0.362 e. The molecule has 2 aromatic rings. The van der Waals surface area contributed by atoms with Crippen molar-refractivity contribution in [3.63, 3.8) is 0 Å². The highest BCUT2D eigenvalue weighted by molar-refractivity contribution is 6.30. The fourth-order valence-electron chi connectivity index (χ4n) is 2.32. The first-order chi connectivity index (χ1) is 13.3. The fraction of sp³-hybridized carbons (Fsp3) is 0.250. The summed E-state index contributed by atoms with van der Waals surface area (Å²) in [6.45, 7) is 5.40. The van der Waals surface area contributed by atoms with E-state index >= 15 is 0 Å². The SMILES string of the molecule is CCOC(=O)/C(N=Nc1ccc(Cl)cc1F)=C(/O)c1cc(C)c(C)cc1OC. The first kappa shape index (κ1) is 21.4. The van der Waals surface area contributed by atoms with Gasteiger partial charge < -0.3 is 14.6 Å². The molecule has 0 heterocycles. The Morgan fingerprint density at radius 2 is 1.89 bits per heavy atom. The van der Waals surface area contributed by atoms with Crippen LogP contribution < -0.4 is 4.74 Å². The van der Waals surface area contributed by atoms with Crippen LogP contribution in [0.15, 0.2) is 46.3 Å². The maximum absolute atomic E-state index is 13.9. The van der Waals surface area contributed by atoms with Gasteiger partial charge in [-0.2, -0.15) is 0 Å². The summed E-state index contributed by atoms with van der Waals surface area (Å²) in [4.78, 5) is 12.3. The molecule has 0 aromatic heterocycles. The molecule has 1 N–H and O–H groups in total. The minimum atomic E-state index is -0.904. The number of methoxy groups -OCH3 is 1. The van der Waals surface area contributed by atoms with Gasteiger partial charge in [0.15, 0.2) is 11.6 Å². The lowest BCUT2D eigenvalue weighted by atomic mass is 10.0. The number of aryl methyl sites for hydroxylation is 2. The normalized spacial score (nSPS) is 12.1. The molecule has 148 valence electrons. The lowest BCUT2D eigenvalue weighted by molar-refractivity contribution is -0.138. The summed E-state index contributed by atoms with van der Waals surface area (Å²) in [5.41, 5.74) is 1.43. The topological polar surface area (TPSA) is 80.5 Å². The number of carbonyl (C=O) groups excluding carboxylic acids is 1. The number of hydrogen-bond acceptors (Lipinski definition) is 6. The Morgan fingerprint density at radius 1 is 1.21 bits per heavy atom. The number of aliphatic hydroxyl groups excluding tert-OH is 1. The van der Waals surface area contributed by atoms with Gasteiger partial charge in [0.2, 0.25) is 5.70 Å². The van der Waals surface area contributed by atoms with E-state index in [1.54, 1.807) is 19.1 Å². The molecule has 0 aliphatic rings. The maximum Gasteiger partial charge on any atom is 0.362 e. The number of azo groups is 1. The zero-order valence-electron chi connectivity index (χ0n) is 15.9. The number of nitrogens with zero attached hydrogens (tertiary/aromatic N) is 2. The minimum Gasteiger partial charge on any atom is -0.505 e. The van der Waals surface area contributed by atoms with E-state index in [4.69, 9.17) is 21.1 Å². The number of esters is 1. The third-order valence-electron chi connectivity index (χ3n) is 3.93. The van der Waals surface area contributed by atoms with Crippen molar-refractivity contribution in [2.45, 2.75) is 20.8 Å². The highest BCUT2D eigenvalue weighted by Crippen LogP contribution is 2.31. The lowest BCUT2D eigenvalue weighted by Crippen LogP contribution is -2.09. The molecular formula is C20H20ClFN2O4. The molecule has 8 heteroatoms. The van der Waals surface area contributed by atoms with E-state index in [-0.39, 0.29) is 22.9 Å². The van der Waals surface area contributed by atoms with Gasteiger partial charge in [0.05, 0.1) is 19.3 Å². The molecule has 28 heavy (non-hydrogen) atoms. The van der Waals surface area contributed by atoms with Gasteiger partial charge in [0, 0.05) is 5.02 Å². The van der Waals surface area contributed by atoms with Crippen molar-refractivity contribution < 1.29 is 23.8 Å². The van der Waals surface area contributed by atoms with Gasteiger partial charge in [0.1, 0.15) is 11.4 Å². The summed E-state index contributed by atoms with van der Waals surface area (Å²) in [6, 6.07) is 7.17. The van der Waals surface area contributed by atoms with Gasteiger partial charge in [0.25, 0.3) is 0 Å². The molecule has 0 atom stereocenters. The van der Waals surface area contributed by atoms with E-state index in [0.29, 0.717) is 5.75 Å². The number of halogens is 2. The van der Waals surface area contributed by atoms with Crippen LogP contribution in [0.3, 0.4) is 0 Å². The summed E-state index contributed by atoms with van der Waals surface area (Å²) in [5.74, 6) is -1.77. The van der Waals surface area contributed by atoms with Crippen LogP contribution in [0, 0.1) is 19.7 Å². The van der Waals surface area contributed by atoms with E-state index in [9.17, 15) is 14.3 Å². The minimum absolute atomic E-state index is 0.0600. The third kappa shape index (κ3) is 4.86. The summed E-state index contributed by atoms with van der Waals surface area (Å²) < 4.78 is 24.2. The van der Waals surface area contributed by atoms with E-state index in [1.165, 1.54) is 19.2 Å².